The van der Waals surface area contributed by atoms with Gasteiger partial charge >= 0.3 is 5.97 Å². The van der Waals surface area contributed by atoms with E-state index in [1.165, 1.54) is 28.4 Å². The van der Waals surface area contributed by atoms with E-state index in [4.69, 9.17) is 14.9 Å². The maximum Gasteiger partial charge on any atom is 0.356 e. The van der Waals surface area contributed by atoms with Crippen LogP contribution in [-0.4, -0.2) is 49.9 Å². The van der Waals surface area contributed by atoms with Gasteiger partial charge in [0.05, 0.1) is 0 Å². The lowest BCUT2D eigenvalue weighted by atomic mass is 10.0. The Bertz CT molecular complexity index is 1470. The second-order valence-electron chi connectivity index (χ2n) is 9.02. The molecule has 6 rings (SSSR count). The number of hydrogen-bond acceptors (Lipinski definition) is 9. The molecule has 1 fully saturated rings. The lowest BCUT2D eigenvalue weighted by Gasteiger charge is -2.48. The Morgan fingerprint density at radius 2 is 1.62 bits per heavy atom. The van der Waals surface area contributed by atoms with Crippen LogP contribution >= 0.6 is 23.5 Å². The number of nitrogens with zero attached hydrogens (tertiary/aromatic N) is 3. The van der Waals surface area contributed by atoms with Crippen LogP contribution in [-0.2, 0) is 14.3 Å². The van der Waals surface area contributed by atoms with Crippen LogP contribution in [0.3, 0.4) is 0 Å². The van der Waals surface area contributed by atoms with Crippen molar-refractivity contribution in [1.29, 1.82) is 0 Å². The molecule has 0 spiro atoms. The summed E-state index contributed by atoms with van der Waals surface area (Å²) in [6.45, 7) is 0. The summed E-state index contributed by atoms with van der Waals surface area (Å²) in [6, 6.07) is 28.0. The number of amides is 1. The summed E-state index contributed by atoms with van der Waals surface area (Å²) >= 11 is 2.85. The Balaban J connectivity index is 1.28. The fourth-order valence-electron chi connectivity index (χ4n) is 4.54. The molecule has 3 aromatic carbocycles. The number of rotatable bonds is 8. The molecule has 0 saturated carbocycles. The largest absolute Gasteiger partial charge is 0.448 e. The molecule has 8 nitrogen and oxygen atoms in total. The van der Waals surface area contributed by atoms with Gasteiger partial charge in [-0.3, -0.25) is 9.69 Å². The number of benzene rings is 3. The fraction of sp³-hybridized carbons (Fsp3) is 0.172. The van der Waals surface area contributed by atoms with Crippen LogP contribution < -0.4 is 5.73 Å². The molecule has 39 heavy (non-hydrogen) atoms. The SMILES string of the molecule is N[C@@H]1C(=O)N2C(C(=O)OC(c3ccccc3)c3ccccc3)=C(CSc3nnc(-c4ccccc4)o3)CS[C@H]12. The van der Waals surface area contributed by atoms with Crippen molar-refractivity contribution < 1.29 is 18.7 Å². The topological polar surface area (TPSA) is 112 Å². The third-order valence-electron chi connectivity index (χ3n) is 6.51. The third-order valence-corrected chi connectivity index (χ3v) is 8.77. The van der Waals surface area contributed by atoms with Crippen LogP contribution in [0.2, 0.25) is 0 Å². The number of carbonyl (C=O) groups is 2. The van der Waals surface area contributed by atoms with E-state index in [9.17, 15) is 9.59 Å². The van der Waals surface area contributed by atoms with Gasteiger partial charge < -0.3 is 14.9 Å². The van der Waals surface area contributed by atoms with Gasteiger partial charge in [0.2, 0.25) is 11.8 Å². The van der Waals surface area contributed by atoms with Crippen LogP contribution in [0.15, 0.2) is 112 Å². The van der Waals surface area contributed by atoms with Crippen molar-refractivity contribution in [2.45, 2.75) is 22.7 Å². The molecule has 0 bridgehead atoms. The molecule has 3 heterocycles. The molecule has 2 aliphatic heterocycles. The predicted octanol–water partition coefficient (Wildman–Crippen LogP) is 4.66. The van der Waals surface area contributed by atoms with Crippen molar-refractivity contribution in [2.24, 2.45) is 5.73 Å². The Hall–Kier alpha value is -3.86. The smallest absolute Gasteiger partial charge is 0.356 e. The number of ether oxygens (including phenoxy) is 1. The Labute approximate surface area is 233 Å². The average Bonchev–Trinajstić information content (AvgIpc) is 3.48. The normalized spacial score (nSPS) is 18.6. The van der Waals surface area contributed by atoms with Crippen LogP contribution in [0.4, 0.5) is 0 Å². The summed E-state index contributed by atoms with van der Waals surface area (Å²) in [4.78, 5) is 28.1. The summed E-state index contributed by atoms with van der Waals surface area (Å²) in [5.41, 5.74) is 9.56. The number of aromatic nitrogens is 2. The molecule has 2 N–H and O–H groups in total. The first kappa shape index (κ1) is 25.4. The molecule has 0 unspecified atom stereocenters. The van der Waals surface area contributed by atoms with E-state index >= 15 is 0 Å². The van der Waals surface area contributed by atoms with E-state index in [-0.39, 0.29) is 17.0 Å². The molecular formula is C29H24N4O4S2. The number of thioether (sulfide) groups is 2. The van der Waals surface area contributed by atoms with Gasteiger partial charge in [-0.1, -0.05) is 90.6 Å². The van der Waals surface area contributed by atoms with E-state index in [0.717, 1.165) is 22.3 Å². The second-order valence-corrected chi connectivity index (χ2v) is 11.1. The van der Waals surface area contributed by atoms with Crippen LogP contribution in [0, 0.1) is 0 Å². The van der Waals surface area contributed by atoms with Gasteiger partial charge in [-0.25, -0.2) is 4.79 Å². The van der Waals surface area contributed by atoms with Gasteiger partial charge in [0.1, 0.15) is 17.1 Å². The number of β-lactam (4-membered cyclic amide) rings is 1. The minimum atomic E-state index is -0.643. The molecular weight excluding hydrogens is 532 g/mol. The fourth-order valence-corrected chi connectivity index (χ4v) is 6.74. The Kier molecular flexibility index (Phi) is 7.23. The summed E-state index contributed by atoms with van der Waals surface area (Å²) < 4.78 is 12.0. The standard InChI is InChI=1S/C29H24N4O4S2/c30-22-26(34)33-23(28(35)36-24(18-10-4-1-5-11-18)19-12-6-2-7-13-19)21(16-38-27(22)33)17-39-29-32-31-25(37-29)20-14-8-3-9-15-20/h1-15,22,24,27H,16-17,30H2/t22-,27-/m1/s1. The van der Waals surface area contributed by atoms with Crippen molar-refractivity contribution in [1.82, 2.24) is 15.1 Å². The van der Waals surface area contributed by atoms with E-state index in [1.54, 1.807) is 0 Å². The van der Waals surface area contributed by atoms with Crippen molar-refractivity contribution >= 4 is 35.4 Å². The maximum absolute atomic E-state index is 13.8. The van der Waals surface area contributed by atoms with Gasteiger partial charge in [0.15, 0.2) is 6.10 Å². The highest BCUT2D eigenvalue weighted by atomic mass is 32.2. The van der Waals surface area contributed by atoms with Crippen LogP contribution in [0.1, 0.15) is 17.2 Å². The van der Waals surface area contributed by atoms with E-state index in [1.807, 2.05) is 91.0 Å². The molecule has 2 atom stereocenters. The number of fused-ring (bicyclic) bond motifs is 1. The molecule has 10 heteroatoms. The molecule has 1 amide bonds. The zero-order valence-electron chi connectivity index (χ0n) is 20.7. The van der Waals surface area contributed by atoms with E-state index < -0.39 is 18.1 Å². The minimum absolute atomic E-state index is 0.248. The van der Waals surface area contributed by atoms with E-state index in [0.29, 0.717) is 22.6 Å². The lowest BCUT2D eigenvalue weighted by Crippen LogP contribution is -2.68. The van der Waals surface area contributed by atoms with E-state index in [2.05, 4.69) is 10.2 Å². The average molecular weight is 557 g/mol. The summed E-state index contributed by atoms with van der Waals surface area (Å²) in [5.74, 6) is 0.468. The quantitative estimate of drug-likeness (QED) is 0.188. The highest BCUT2D eigenvalue weighted by Crippen LogP contribution is 2.42. The summed E-state index contributed by atoms with van der Waals surface area (Å²) in [7, 11) is 0. The number of hydrogen-bond donors (Lipinski definition) is 1. The number of esters is 1. The third kappa shape index (κ3) is 5.10. The monoisotopic (exact) mass is 556 g/mol. The van der Waals surface area contributed by atoms with Gasteiger partial charge in [-0.15, -0.1) is 22.0 Å². The van der Waals surface area contributed by atoms with Crippen molar-refractivity contribution in [3.05, 3.63) is 113 Å². The van der Waals surface area contributed by atoms with Gasteiger partial charge in [0, 0.05) is 17.1 Å². The first-order chi connectivity index (χ1) is 19.1. The number of nitrogens with two attached hydrogens (primary N) is 1. The molecule has 4 aromatic rings. The highest BCUT2D eigenvalue weighted by molar-refractivity contribution is 8.01. The van der Waals surface area contributed by atoms with Crippen LogP contribution in [0.5, 0.6) is 0 Å². The van der Waals surface area contributed by atoms with Crippen molar-refractivity contribution in [3.8, 4) is 11.5 Å². The maximum atomic E-state index is 13.8. The molecule has 1 aromatic heterocycles. The van der Waals surface area contributed by atoms with Gasteiger partial charge in [-0.2, -0.15) is 0 Å². The number of carbonyl (C=O) groups excluding carboxylic acids is 2. The lowest BCUT2D eigenvalue weighted by molar-refractivity contribution is -0.153. The second kappa shape index (κ2) is 11.1. The summed E-state index contributed by atoms with van der Waals surface area (Å²) in [6.07, 6.45) is -0.635. The van der Waals surface area contributed by atoms with Gasteiger partial charge in [0.25, 0.3) is 5.22 Å². The highest BCUT2D eigenvalue weighted by Gasteiger charge is 2.52. The van der Waals surface area contributed by atoms with Gasteiger partial charge in [-0.05, 0) is 28.8 Å². The molecule has 2 aliphatic rings. The first-order valence-electron chi connectivity index (χ1n) is 12.3. The molecule has 196 valence electrons. The minimum Gasteiger partial charge on any atom is -0.448 e. The first-order valence-corrected chi connectivity index (χ1v) is 14.4. The molecule has 0 aliphatic carbocycles. The Morgan fingerprint density at radius 3 is 2.26 bits per heavy atom. The zero-order valence-corrected chi connectivity index (χ0v) is 22.3. The van der Waals surface area contributed by atoms with Crippen LogP contribution in [0.25, 0.3) is 11.5 Å². The van der Waals surface area contributed by atoms with Crippen molar-refractivity contribution in [2.75, 3.05) is 11.5 Å². The Morgan fingerprint density at radius 1 is 1.00 bits per heavy atom. The molecule has 0 radical (unpaired) electrons. The predicted molar refractivity (Wildman–Crippen MR) is 149 cm³/mol. The summed E-state index contributed by atoms with van der Waals surface area (Å²) in [5, 5.41) is 8.37. The molecule has 1 saturated heterocycles. The zero-order chi connectivity index (χ0) is 26.8. The van der Waals surface area contributed by atoms with Crippen molar-refractivity contribution in [3.63, 3.8) is 0 Å².